The summed E-state index contributed by atoms with van der Waals surface area (Å²) >= 11 is 0. The second-order valence-electron chi connectivity index (χ2n) is 2.43. The third-order valence-corrected chi connectivity index (χ3v) is 1.10. The van der Waals surface area contributed by atoms with Gasteiger partial charge in [-0.25, -0.2) is 4.79 Å². The topological polar surface area (TPSA) is 51.1 Å². The van der Waals surface area contributed by atoms with E-state index in [4.69, 9.17) is 9.57 Å². The van der Waals surface area contributed by atoms with Crippen molar-refractivity contribution in [2.24, 2.45) is 11.0 Å². The molecule has 0 saturated heterocycles. The Balaban J connectivity index is 2.30. The van der Waals surface area contributed by atoms with Crippen LogP contribution in [0.15, 0.2) is 5.10 Å². The zero-order chi connectivity index (χ0) is 8.27. The van der Waals surface area contributed by atoms with Gasteiger partial charge >= 0.3 is 5.97 Å². The summed E-state index contributed by atoms with van der Waals surface area (Å²) in [4.78, 5) is 15.6. The van der Waals surface area contributed by atoms with E-state index in [1.54, 1.807) is 13.8 Å². The van der Waals surface area contributed by atoms with Crippen LogP contribution in [0, 0.1) is 5.92 Å². The van der Waals surface area contributed by atoms with E-state index >= 15 is 0 Å². The third kappa shape index (κ3) is 2.10. The lowest BCUT2D eigenvalue weighted by Gasteiger charge is -2.11. The van der Waals surface area contributed by atoms with Crippen LogP contribution in [0.3, 0.4) is 0 Å². The highest BCUT2D eigenvalue weighted by atomic mass is 16.8. The second-order valence-corrected chi connectivity index (χ2v) is 2.43. The van der Waals surface area contributed by atoms with E-state index in [2.05, 4.69) is 5.10 Å². The van der Waals surface area contributed by atoms with Gasteiger partial charge in [0.15, 0.2) is 6.40 Å². The number of ether oxygens (including phenoxy) is 1. The molecule has 5 nitrogen and oxygen atoms in total. The maximum absolute atomic E-state index is 10.9. The molecule has 0 aromatic carbocycles. The smallest absolute Gasteiger partial charge is 0.337 e. The van der Waals surface area contributed by atoms with Crippen molar-refractivity contribution >= 4 is 12.4 Å². The molecule has 0 amide bonds. The highest BCUT2D eigenvalue weighted by molar-refractivity contribution is 5.71. The van der Waals surface area contributed by atoms with Gasteiger partial charge in [-0.1, -0.05) is 19.0 Å². The van der Waals surface area contributed by atoms with Crippen molar-refractivity contribution in [3.63, 3.8) is 0 Å². The van der Waals surface area contributed by atoms with Gasteiger partial charge in [-0.05, 0) is 0 Å². The first kappa shape index (κ1) is 7.84. The van der Waals surface area contributed by atoms with E-state index in [9.17, 15) is 4.79 Å². The van der Waals surface area contributed by atoms with Crippen LogP contribution >= 0.6 is 0 Å². The van der Waals surface area contributed by atoms with Crippen LogP contribution in [0.2, 0.25) is 0 Å². The van der Waals surface area contributed by atoms with Crippen LogP contribution in [0.5, 0.6) is 0 Å². The molecule has 1 aliphatic heterocycles. The van der Waals surface area contributed by atoms with Gasteiger partial charge in [0.2, 0.25) is 6.73 Å². The fourth-order valence-electron chi connectivity index (χ4n) is 0.476. The zero-order valence-corrected chi connectivity index (χ0v) is 6.48. The van der Waals surface area contributed by atoms with Crippen molar-refractivity contribution in [3.8, 4) is 0 Å². The molecule has 0 fully saturated rings. The van der Waals surface area contributed by atoms with Crippen molar-refractivity contribution in [1.29, 1.82) is 0 Å². The van der Waals surface area contributed by atoms with Gasteiger partial charge in [0, 0.05) is 0 Å². The van der Waals surface area contributed by atoms with Crippen LogP contribution in [0.4, 0.5) is 0 Å². The number of hydrazone groups is 1. The van der Waals surface area contributed by atoms with Crippen LogP contribution in [0.25, 0.3) is 0 Å². The number of carbonyl (C=O) groups is 1. The van der Waals surface area contributed by atoms with Gasteiger partial charge < -0.3 is 9.57 Å². The SMILES string of the molecule is CC(C)C(=O)ON1COC=N1. The summed E-state index contributed by atoms with van der Waals surface area (Å²) in [6, 6.07) is 0. The van der Waals surface area contributed by atoms with Crippen molar-refractivity contribution in [2.45, 2.75) is 13.8 Å². The Morgan fingerprint density at radius 3 is 3.00 bits per heavy atom. The lowest BCUT2D eigenvalue weighted by atomic mass is 10.2. The highest BCUT2D eigenvalue weighted by Crippen LogP contribution is 2.02. The molecule has 0 atom stereocenters. The van der Waals surface area contributed by atoms with Gasteiger partial charge in [0.05, 0.1) is 5.92 Å². The normalized spacial score (nSPS) is 15.4. The van der Waals surface area contributed by atoms with Crippen molar-refractivity contribution < 1.29 is 14.4 Å². The number of hydroxylamine groups is 1. The minimum absolute atomic E-state index is 0.147. The summed E-state index contributed by atoms with van der Waals surface area (Å²) in [5.74, 6) is -0.460. The summed E-state index contributed by atoms with van der Waals surface area (Å²) in [6.45, 7) is 3.68. The summed E-state index contributed by atoms with van der Waals surface area (Å²) in [5, 5.41) is 4.70. The molecular formula is C6H10N2O3. The molecule has 0 spiro atoms. The molecule has 0 radical (unpaired) electrons. The molecule has 0 saturated carbocycles. The van der Waals surface area contributed by atoms with E-state index < -0.39 is 0 Å². The average molecular weight is 158 g/mol. The zero-order valence-electron chi connectivity index (χ0n) is 6.48. The van der Waals surface area contributed by atoms with Crippen molar-refractivity contribution in [2.75, 3.05) is 6.73 Å². The minimum Gasteiger partial charge on any atom is -0.456 e. The first-order valence-electron chi connectivity index (χ1n) is 3.33. The second kappa shape index (κ2) is 3.23. The molecule has 1 heterocycles. The predicted octanol–water partition coefficient (Wildman–Crippen LogP) is 0.334. The van der Waals surface area contributed by atoms with Crippen molar-refractivity contribution in [1.82, 2.24) is 5.17 Å². The third-order valence-electron chi connectivity index (χ3n) is 1.10. The van der Waals surface area contributed by atoms with Crippen LogP contribution in [0.1, 0.15) is 13.8 Å². The van der Waals surface area contributed by atoms with Gasteiger partial charge in [0.25, 0.3) is 0 Å². The molecular weight excluding hydrogens is 148 g/mol. The Hall–Kier alpha value is -1.26. The summed E-state index contributed by atoms with van der Waals surface area (Å²) in [5.41, 5.74) is 0. The average Bonchev–Trinajstić information content (AvgIpc) is 2.39. The Bertz CT molecular complexity index is 179. The lowest BCUT2D eigenvalue weighted by Crippen LogP contribution is -2.23. The van der Waals surface area contributed by atoms with Crippen LogP contribution < -0.4 is 0 Å². The molecule has 0 aromatic rings. The van der Waals surface area contributed by atoms with Crippen LogP contribution in [-0.4, -0.2) is 24.3 Å². The quantitative estimate of drug-likeness (QED) is 0.581. The molecule has 0 bridgehead atoms. The lowest BCUT2D eigenvalue weighted by molar-refractivity contribution is -0.201. The Morgan fingerprint density at radius 1 is 1.82 bits per heavy atom. The summed E-state index contributed by atoms with van der Waals surface area (Å²) in [7, 11) is 0. The van der Waals surface area contributed by atoms with Gasteiger partial charge in [-0.2, -0.15) is 0 Å². The summed E-state index contributed by atoms with van der Waals surface area (Å²) in [6.07, 6.45) is 1.23. The standard InChI is InChI=1S/C6H10N2O3/c1-5(2)6(9)11-8-4-10-3-7-8/h3,5H,4H2,1-2H3. The number of carbonyl (C=O) groups excluding carboxylic acids is 1. The maximum atomic E-state index is 10.9. The van der Waals surface area contributed by atoms with Gasteiger partial charge in [0.1, 0.15) is 0 Å². The maximum Gasteiger partial charge on any atom is 0.337 e. The number of nitrogens with zero attached hydrogens (tertiary/aromatic N) is 2. The molecule has 0 aliphatic carbocycles. The Kier molecular flexibility index (Phi) is 2.30. The van der Waals surface area contributed by atoms with E-state index in [0.717, 1.165) is 5.17 Å². The molecule has 62 valence electrons. The highest BCUT2D eigenvalue weighted by Gasteiger charge is 2.15. The van der Waals surface area contributed by atoms with E-state index in [1.165, 1.54) is 6.40 Å². The molecule has 0 aromatic heterocycles. The fourth-order valence-corrected chi connectivity index (χ4v) is 0.476. The van der Waals surface area contributed by atoms with E-state index in [-0.39, 0.29) is 18.6 Å². The van der Waals surface area contributed by atoms with Crippen LogP contribution in [-0.2, 0) is 14.4 Å². The van der Waals surface area contributed by atoms with Gasteiger partial charge in [-0.3, -0.25) is 0 Å². The first-order valence-corrected chi connectivity index (χ1v) is 3.33. The monoisotopic (exact) mass is 158 g/mol. The molecule has 0 unspecified atom stereocenters. The van der Waals surface area contributed by atoms with E-state index in [0.29, 0.717) is 0 Å². The molecule has 0 N–H and O–H groups in total. The number of hydrogen-bond donors (Lipinski definition) is 0. The Morgan fingerprint density at radius 2 is 2.55 bits per heavy atom. The summed E-state index contributed by atoms with van der Waals surface area (Å²) < 4.78 is 4.69. The first-order chi connectivity index (χ1) is 5.20. The molecule has 11 heavy (non-hydrogen) atoms. The largest absolute Gasteiger partial charge is 0.456 e. The van der Waals surface area contributed by atoms with E-state index in [1.807, 2.05) is 0 Å². The number of rotatable bonds is 2. The molecule has 1 aliphatic rings. The fraction of sp³-hybridized carbons (Fsp3) is 0.667. The van der Waals surface area contributed by atoms with Crippen molar-refractivity contribution in [3.05, 3.63) is 0 Å². The predicted molar refractivity (Wildman–Crippen MR) is 37.2 cm³/mol. The van der Waals surface area contributed by atoms with Gasteiger partial charge in [-0.15, -0.1) is 5.10 Å². The molecule has 1 rings (SSSR count). The minimum atomic E-state index is -0.312. The number of hydrogen-bond acceptors (Lipinski definition) is 5. The molecule has 5 heteroatoms. The Labute approximate surface area is 64.5 Å².